The number of carbonyl (C=O) groups excluding carboxylic acids is 1. The van der Waals surface area contributed by atoms with Crippen LogP contribution in [0.5, 0.6) is 11.5 Å². The Balaban J connectivity index is 1.51. The molecular weight excluding hydrogens is 382 g/mol. The summed E-state index contributed by atoms with van der Waals surface area (Å²) in [4.78, 5) is 12.3. The van der Waals surface area contributed by atoms with Gasteiger partial charge < -0.3 is 20.1 Å². The number of nitrogens with zero attached hydrogens (tertiary/aromatic N) is 1. The molecule has 1 heterocycles. The van der Waals surface area contributed by atoms with Gasteiger partial charge in [0, 0.05) is 19.6 Å². The molecule has 2 N–H and O–H groups in total. The molecule has 0 radical (unpaired) electrons. The van der Waals surface area contributed by atoms with Gasteiger partial charge in [0.15, 0.2) is 11.5 Å². The van der Waals surface area contributed by atoms with Gasteiger partial charge in [0.05, 0.1) is 12.3 Å². The second-order valence-corrected chi connectivity index (χ2v) is 9.21. The maximum atomic E-state index is 12.3. The molecule has 1 aliphatic heterocycles. The van der Waals surface area contributed by atoms with Gasteiger partial charge in [-0.25, -0.2) is 17.5 Å². The molecule has 0 aromatic heterocycles. The van der Waals surface area contributed by atoms with Crippen molar-refractivity contribution in [2.24, 2.45) is 5.92 Å². The Morgan fingerprint density at radius 1 is 1.25 bits per heavy atom. The zero-order valence-corrected chi connectivity index (χ0v) is 17.3. The van der Waals surface area contributed by atoms with E-state index in [1.165, 1.54) is 10.6 Å². The number of sulfonamides is 1. The van der Waals surface area contributed by atoms with Crippen molar-refractivity contribution in [3.05, 3.63) is 23.8 Å². The van der Waals surface area contributed by atoms with E-state index in [9.17, 15) is 13.2 Å². The number of hydrogen-bond acceptors (Lipinski definition) is 5. The first-order valence-corrected chi connectivity index (χ1v) is 11.6. The highest BCUT2D eigenvalue weighted by Crippen LogP contribution is 2.43. The van der Waals surface area contributed by atoms with Gasteiger partial charge in [-0.3, -0.25) is 0 Å². The Morgan fingerprint density at radius 2 is 1.96 bits per heavy atom. The summed E-state index contributed by atoms with van der Waals surface area (Å²) in [6.07, 6.45) is 3.93. The molecule has 1 fully saturated rings. The van der Waals surface area contributed by atoms with Crippen molar-refractivity contribution in [1.82, 2.24) is 14.9 Å². The first-order valence-electron chi connectivity index (χ1n) is 9.77. The van der Waals surface area contributed by atoms with Crippen molar-refractivity contribution in [3.63, 3.8) is 0 Å². The van der Waals surface area contributed by atoms with Crippen molar-refractivity contribution in [1.29, 1.82) is 0 Å². The fraction of sp³-hybridized carbons (Fsp3) is 0.632. The molecule has 2 aliphatic rings. The number of ether oxygens (including phenoxy) is 2. The molecule has 0 spiro atoms. The molecule has 1 atom stereocenters. The van der Waals surface area contributed by atoms with E-state index in [0.29, 0.717) is 45.2 Å². The van der Waals surface area contributed by atoms with Gasteiger partial charge in [-0.05, 0) is 42.9 Å². The lowest BCUT2D eigenvalue weighted by atomic mass is 10.0. The summed E-state index contributed by atoms with van der Waals surface area (Å²) in [7, 11) is -3.20. The third kappa shape index (κ3) is 5.51. The van der Waals surface area contributed by atoms with Crippen LogP contribution in [0.2, 0.25) is 0 Å². The Bertz CT molecular complexity index is 795. The van der Waals surface area contributed by atoms with E-state index in [0.717, 1.165) is 29.9 Å². The lowest BCUT2D eigenvalue weighted by molar-refractivity contribution is 0.171. The summed E-state index contributed by atoms with van der Waals surface area (Å²) in [5, 5.41) is 5.89. The maximum absolute atomic E-state index is 12.3. The predicted molar refractivity (Wildman–Crippen MR) is 106 cm³/mol. The minimum absolute atomic E-state index is 0.0704. The molecule has 1 aliphatic carbocycles. The molecule has 0 bridgehead atoms. The van der Waals surface area contributed by atoms with Crippen LogP contribution in [0.3, 0.4) is 0 Å². The predicted octanol–water partition coefficient (Wildman–Crippen LogP) is 1.88. The van der Waals surface area contributed by atoms with Crippen LogP contribution in [0.4, 0.5) is 4.79 Å². The summed E-state index contributed by atoms with van der Waals surface area (Å²) in [6, 6.07) is 5.50. The van der Waals surface area contributed by atoms with Crippen LogP contribution in [-0.4, -0.2) is 57.9 Å². The average molecular weight is 412 g/mol. The number of urea groups is 1. The highest BCUT2D eigenvalue weighted by Gasteiger charge is 2.34. The maximum Gasteiger partial charge on any atom is 0.315 e. The standard InChI is InChI=1S/C19H29N3O5S/c1-3-22(28(2,24)25)10-4-9-20-19(23)21-18(14-5-6-14)15-7-8-16-17(13-15)27-12-11-26-16/h7-8,13-14,18H,3-6,9-12H2,1-2H3,(H2,20,21,23). The minimum atomic E-state index is -3.20. The van der Waals surface area contributed by atoms with Gasteiger partial charge in [0.2, 0.25) is 10.0 Å². The Kier molecular flexibility index (Phi) is 6.66. The van der Waals surface area contributed by atoms with Crippen LogP contribution in [0.25, 0.3) is 0 Å². The fourth-order valence-corrected chi connectivity index (χ4v) is 4.29. The second-order valence-electron chi connectivity index (χ2n) is 7.23. The van der Waals surface area contributed by atoms with Crippen molar-refractivity contribution in [2.75, 3.05) is 39.1 Å². The molecule has 1 saturated carbocycles. The summed E-state index contributed by atoms with van der Waals surface area (Å²) in [5.41, 5.74) is 1.01. The second kappa shape index (κ2) is 9.00. The fourth-order valence-electron chi connectivity index (χ4n) is 3.36. The van der Waals surface area contributed by atoms with E-state index in [-0.39, 0.29) is 12.1 Å². The van der Waals surface area contributed by atoms with Crippen LogP contribution in [0.15, 0.2) is 18.2 Å². The molecule has 1 aromatic rings. The first kappa shape index (κ1) is 20.7. The van der Waals surface area contributed by atoms with Crippen LogP contribution in [-0.2, 0) is 10.0 Å². The summed E-state index contributed by atoms with van der Waals surface area (Å²) < 4.78 is 35.8. The molecule has 1 aromatic carbocycles. The van der Waals surface area contributed by atoms with Gasteiger partial charge in [-0.2, -0.15) is 0 Å². The van der Waals surface area contributed by atoms with E-state index in [4.69, 9.17) is 9.47 Å². The van der Waals surface area contributed by atoms with Gasteiger partial charge in [0.25, 0.3) is 0 Å². The smallest absolute Gasteiger partial charge is 0.315 e. The third-order valence-electron chi connectivity index (χ3n) is 5.00. The van der Waals surface area contributed by atoms with Crippen LogP contribution < -0.4 is 20.1 Å². The number of nitrogens with one attached hydrogen (secondary N) is 2. The quantitative estimate of drug-likeness (QED) is 0.605. The number of benzene rings is 1. The Labute approximate surface area is 166 Å². The van der Waals surface area contributed by atoms with E-state index >= 15 is 0 Å². The lowest BCUT2D eigenvalue weighted by Gasteiger charge is -2.23. The molecule has 8 nitrogen and oxygen atoms in total. The zero-order valence-electron chi connectivity index (χ0n) is 16.4. The van der Waals surface area contributed by atoms with Crippen molar-refractivity contribution < 1.29 is 22.7 Å². The molecule has 9 heteroatoms. The van der Waals surface area contributed by atoms with Gasteiger partial charge in [-0.15, -0.1) is 0 Å². The van der Waals surface area contributed by atoms with E-state index in [1.54, 1.807) is 6.92 Å². The lowest BCUT2D eigenvalue weighted by Crippen LogP contribution is -2.40. The van der Waals surface area contributed by atoms with Gasteiger partial charge in [-0.1, -0.05) is 13.0 Å². The highest BCUT2D eigenvalue weighted by molar-refractivity contribution is 7.88. The van der Waals surface area contributed by atoms with Crippen LogP contribution in [0, 0.1) is 5.92 Å². The average Bonchev–Trinajstić information content (AvgIpc) is 3.49. The molecule has 0 saturated heterocycles. The Morgan fingerprint density at radius 3 is 2.61 bits per heavy atom. The van der Waals surface area contributed by atoms with Gasteiger partial charge in [0.1, 0.15) is 13.2 Å². The monoisotopic (exact) mass is 411 g/mol. The van der Waals surface area contributed by atoms with Crippen molar-refractivity contribution >= 4 is 16.1 Å². The van der Waals surface area contributed by atoms with Gasteiger partial charge >= 0.3 is 6.03 Å². The molecular formula is C19H29N3O5S. The van der Waals surface area contributed by atoms with E-state index in [1.807, 2.05) is 18.2 Å². The summed E-state index contributed by atoms with van der Waals surface area (Å²) in [5.74, 6) is 1.88. The van der Waals surface area contributed by atoms with Crippen LogP contribution >= 0.6 is 0 Å². The Hall–Kier alpha value is -2.00. The van der Waals surface area contributed by atoms with E-state index in [2.05, 4.69) is 10.6 Å². The number of amides is 2. The molecule has 1 unspecified atom stereocenters. The minimum Gasteiger partial charge on any atom is -0.486 e. The largest absolute Gasteiger partial charge is 0.486 e. The van der Waals surface area contributed by atoms with Crippen LogP contribution in [0.1, 0.15) is 37.8 Å². The van der Waals surface area contributed by atoms with E-state index < -0.39 is 10.0 Å². The third-order valence-corrected chi connectivity index (χ3v) is 6.38. The van der Waals surface area contributed by atoms with Crippen molar-refractivity contribution in [3.8, 4) is 11.5 Å². The molecule has 28 heavy (non-hydrogen) atoms. The molecule has 156 valence electrons. The number of carbonyl (C=O) groups is 1. The SMILES string of the molecule is CCN(CCCNC(=O)NC(c1ccc2c(c1)OCCO2)C1CC1)S(C)(=O)=O. The molecule has 2 amide bonds. The number of hydrogen-bond donors (Lipinski definition) is 2. The summed E-state index contributed by atoms with van der Waals surface area (Å²) in [6.45, 7) is 4.11. The highest BCUT2D eigenvalue weighted by atomic mass is 32.2. The molecule has 3 rings (SSSR count). The zero-order chi connectivity index (χ0) is 20.1. The first-order chi connectivity index (χ1) is 13.4. The summed E-state index contributed by atoms with van der Waals surface area (Å²) >= 11 is 0. The topological polar surface area (TPSA) is 97.0 Å². The number of rotatable bonds is 9. The number of fused-ring (bicyclic) bond motifs is 1. The van der Waals surface area contributed by atoms with Crippen molar-refractivity contribution in [2.45, 2.75) is 32.2 Å². The normalized spacial score (nSPS) is 17.2.